The van der Waals surface area contributed by atoms with E-state index in [0.29, 0.717) is 10.9 Å². The Bertz CT molecular complexity index is 912. The predicted molar refractivity (Wildman–Crippen MR) is 82.1 cm³/mol. The summed E-state index contributed by atoms with van der Waals surface area (Å²) < 4.78 is 5.23. The molecule has 3 aromatic rings. The van der Waals surface area contributed by atoms with E-state index >= 15 is 0 Å². The van der Waals surface area contributed by atoms with Crippen LogP contribution in [0.1, 0.15) is 23.5 Å². The highest BCUT2D eigenvalue weighted by Crippen LogP contribution is 2.35. The molecule has 5 nitrogen and oxygen atoms in total. The summed E-state index contributed by atoms with van der Waals surface area (Å²) in [4.78, 5) is 23.4. The number of carboxylic acid groups (broad SMARTS) is 1. The highest BCUT2D eigenvalue weighted by Gasteiger charge is 2.24. The minimum Gasteiger partial charge on any atom is -0.550 e. The molecule has 0 unspecified atom stereocenters. The zero-order valence-electron chi connectivity index (χ0n) is 12.1. The molecule has 116 valence electrons. The number of hydrogen-bond acceptors (Lipinski definition) is 5. The van der Waals surface area contributed by atoms with Crippen LogP contribution < -0.4 is 10.7 Å². The zero-order valence-corrected chi connectivity index (χ0v) is 12.1. The van der Waals surface area contributed by atoms with Crippen molar-refractivity contribution in [3.05, 3.63) is 76.1 Å². The number of aromatic hydroxyl groups is 1. The van der Waals surface area contributed by atoms with Crippen molar-refractivity contribution in [1.82, 2.24) is 0 Å². The Hall–Kier alpha value is -3.08. The lowest BCUT2D eigenvalue weighted by Crippen LogP contribution is -2.26. The van der Waals surface area contributed by atoms with E-state index in [9.17, 15) is 19.8 Å². The summed E-state index contributed by atoms with van der Waals surface area (Å²) in [6.07, 6.45) is -0.430. The summed E-state index contributed by atoms with van der Waals surface area (Å²) in [7, 11) is 0. The van der Waals surface area contributed by atoms with E-state index < -0.39 is 23.9 Å². The fourth-order valence-corrected chi connectivity index (χ4v) is 2.69. The largest absolute Gasteiger partial charge is 0.550 e. The number of carboxylic acids is 1. The lowest BCUT2D eigenvalue weighted by Gasteiger charge is -2.19. The topological polar surface area (TPSA) is 90.6 Å². The number of benzene rings is 2. The van der Waals surface area contributed by atoms with Crippen molar-refractivity contribution in [1.29, 1.82) is 0 Å². The number of para-hydroxylation sites is 1. The van der Waals surface area contributed by atoms with Gasteiger partial charge in [0.15, 0.2) is 0 Å². The van der Waals surface area contributed by atoms with Gasteiger partial charge in [0.25, 0.3) is 0 Å². The molecule has 0 aliphatic rings. The van der Waals surface area contributed by atoms with Crippen LogP contribution in [0.3, 0.4) is 0 Å². The number of fused-ring (bicyclic) bond motifs is 1. The van der Waals surface area contributed by atoms with Crippen LogP contribution in [-0.2, 0) is 4.79 Å². The van der Waals surface area contributed by atoms with Crippen molar-refractivity contribution in [3.8, 4) is 5.75 Å². The van der Waals surface area contributed by atoms with Crippen LogP contribution in [0.4, 0.5) is 0 Å². The van der Waals surface area contributed by atoms with E-state index in [0.717, 1.165) is 0 Å². The first-order valence-corrected chi connectivity index (χ1v) is 7.07. The Labute approximate surface area is 131 Å². The summed E-state index contributed by atoms with van der Waals surface area (Å²) in [5, 5.41) is 22.0. The molecule has 0 saturated carbocycles. The third-order valence-corrected chi connectivity index (χ3v) is 3.74. The molecule has 1 aromatic heterocycles. The van der Waals surface area contributed by atoms with Gasteiger partial charge in [0.05, 0.1) is 10.9 Å². The molecule has 0 fully saturated rings. The van der Waals surface area contributed by atoms with E-state index in [4.69, 9.17) is 4.42 Å². The molecule has 0 aliphatic carbocycles. The molecular formula is C18H13O5-. The van der Waals surface area contributed by atoms with E-state index in [2.05, 4.69) is 0 Å². The summed E-state index contributed by atoms with van der Waals surface area (Å²) in [5.74, 6) is -2.42. The second-order valence-corrected chi connectivity index (χ2v) is 5.19. The fraction of sp³-hybridized carbons (Fsp3) is 0.111. The van der Waals surface area contributed by atoms with E-state index in [1.807, 2.05) is 0 Å². The van der Waals surface area contributed by atoms with Crippen LogP contribution in [-0.4, -0.2) is 11.1 Å². The summed E-state index contributed by atoms with van der Waals surface area (Å²) in [6, 6.07) is 15.2. The normalized spacial score (nSPS) is 12.2. The first-order chi connectivity index (χ1) is 11.1. The average molecular weight is 309 g/mol. The van der Waals surface area contributed by atoms with Crippen LogP contribution in [0, 0.1) is 0 Å². The first kappa shape index (κ1) is 14.8. The second-order valence-electron chi connectivity index (χ2n) is 5.19. The molecule has 0 bridgehead atoms. The molecule has 2 aromatic carbocycles. The Morgan fingerprint density at radius 3 is 2.43 bits per heavy atom. The molecule has 0 aliphatic heterocycles. The second kappa shape index (κ2) is 5.96. The summed E-state index contributed by atoms with van der Waals surface area (Å²) in [5.41, 5.74) is 0.0176. The maximum atomic E-state index is 12.3. The van der Waals surface area contributed by atoms with Crippen molar-refractivity contribution >= 4 is 16.9 Å². The van der Waals surface area contributed by atoms with Gasteiger partial charge < -0.3 is 19.4 Å². The maximum absolute atomic E-state index is 12.3. The maximum Gasteiger partial charge on any atom is 0.343 e. The van der Waals surface area contributed by atoms with Gasteiger partial charge >= 0.3 is 5.63 Å². The van der Waals surface area contributed by atoms with Crippen molar-refractivity contribution < 1.29 is 19.4 Å². The lowest BCUT2D eigenvalue weighted by atomic mass is 9.88. The standard InChI is InChI=1S/C18H14O5/c19-15(20)10-13(11-6-2-1-3-7-11)16-17(21)12-8-4-5-9-14(12)23-18(16)22/h1-9,13,21H,10H2,(H,19,20)/p-1/t13-/m1/s1. The zero-order chi connectivity index (χ0) is 16.4. The third kappa shape index (κ3) is 2.81. The number of hydrogen-bond donors (Lipinski definition) is 1. The monoisotopic (exact) mass is 309 g/mol. The van der Waals surface area contributed by atoms with Gasteiger partial charge in [-0.05, 0) is 24.1 Å². The van der Waals surface area contributed by atoms with Crippen molar-refractivity contribution in [2.75, 3.05) is 0 Å². The third-order valence-electron chi connectivity index (χ3n) is 3.74. The molecule has 0 amide bonds. The SMILES string of the molecule is O=C([O-])C[C@H](c1ccccc1)c1c(O)c2ccccc2oc1=O. The highest BCUT2D eigenvalue weighted by molar-refractivity contribution is 5.84. The van der Waals surface area contributed by atoms with Crippen molar-refractivity contribution in [3.63, 3.8) is 0 Å². The highest BCUT2D eigenvalue weighted by atomic mass is 16.4. The van der Waals surface area contributed by atoms with Gasteiger partial charge in [-0.25, -0.2) is 4.79 Å². The molecule has 1 atom stereocenters. The quantitative estimate of drug-likeness (QED) is 0.742. The van der Waals surface area contributed by atoms with Gasteiger partial charge in [0.1, 0.15) is 11.3 Å². The molecule has 0 radical (unpaired) electrons. The summed E-state index contributed by atoms with van der Waals surface area (Å²) in [6.45, 7) is 0. The smallest absolute Gasteiger partial charge is 0.343 e. The first-order valence-electron chi connectivity index (χ1n) is 7.07. The average Bonchev–Trinajstić information content (AvgIpc) is 2.54. The predicted octanol–water partition coefficient (Wildman–Crippen LogP) is 1.77. The van der Waals surface area contributed by atoms with Gasteiger partial charge in [0.2, 0.25) is 0 Å². The summed E-state index contributed by atoms with van der Waals surface area (Å²) >= 11 is 0. The van der Waals surface area contributed by atoms with Gasteiger partial charge in [-0.1, -0.05) is 42.5 Å². The molecular weight excluding hydrogens is 296 g/mol. The molecule has 5 heteroatoms. The Balaban J connectivity index is 2.26. The molecule has 1 heterocycles. The molecule has 3 rings (SSSR count). The molecule has 23 heavy (non-hydrogen) atoms. The Morgan fingerprint density at radius 1 is 1.09 bits per heavy atom. The van der Waals surface area contributed by atoms with E-state index in [1.54, 1.807) is 54.6 Å². The molecule has 0 spiro atoms. The molecule has 1 N–H and O–H groups in total. The fourth-order valence-electron chi connectivity index (χ4n) is 2.69. The lowest BCUT2D eigenvalue weighted by molar-refractivity contribution is -0.305. The minimum absolute atomic E-state index is 0.0703. The number of aliphatic carboxylic acids is 1. The van der Waals surface area contributed by atoms with Gasteiger partial charge in [-0.3, -0.25) is 0 Å². The van der Waals surface area contributed by atoms with E-state index in [-0.39, 0.29) is 16.9 Å². The number of carbonyl (C=O) groups is 1. The molecule has 0 saturated heterocycles. The van der Waals surface area contributed by atoms with Crippen LogP contribution in [0.15, 0.2) is 63.8 Å². The van der Waals surface area contributed by atoms with Crippen LogP contribution >= 0.6 is 0 Å². The van der Waals surface area contributed by atoms with Crippen LogP contribution in [0.2, 0.25) is 0 Å². The van der Waals surface area contributed by atoms with Crippen LogP contribution in [0.5, 0.6) is 5.75 Å². The Kier molecular flexibility index (Phi) is 3.85. The minimum atomic E-state index is -1.31. The number of rotatable bonds is 4. The van der Waals surface area contributed by atoms with Crippen molar-refractivity contribution in [2.45, 2.75) is 12.3 Å². The van der Waals surface area contributed by atoms with E-state index in [1.165, 1.54) is 0 Å². The van der Waals surface area contributed by atoms with Gasteiger partial charge in [0, 0.05) is 11.9 Å². The van der Waals surface area contributed by atoms with Gasteiger partial charge in [-0.15, -0.1) is 0 Å². The van der Waals surface area contributed by atoms with Crippen molar-refractivity contribution in [2.24, 2.45) is 0 Å². The number of carbonyl (C=O) groups excluding carboxylic acids is 1. The van der Waals surface area contributed by atoms with Crippen LogP contribution in [0.25, 0.3) is 11.0 Å². The van der Waals surface area contributed by atoms with Gasteiger partial charge in [-0.2, -0.15) is 0 Å². The Morgan fingerprint density at radius 2 is 1.74 bits per heavy atom.